The van der Waals surface area contributed by atoms with Gasteiger partial charge in [-0.1, -0.05) is 22.9 Å². The van der Waals surface area contributed by atoms with Crippen LogP contribution in [-0.4, -0.2) is 4.98 Å². The van der Waals surface area contributed by atoms with Gasteiger partial charge in [0.1, 0.15) is 4.34 Å². The number of hydrogen-bond acceptors (Lipinski definition) is 4. The molecule has 1 N–H and O–H groups in total. The van der Waals surface area contributed by atoms with Crippen LogP contribution >= 0.6 is 50.2 Å². The van der Waals surface area contributed by atoms with E-state index in [1.165, 1.54) is 16.9 Å². The third-order valence-electron chi connectivity index (χ3n) is 1.60. The van der Waals surface area contributed by atoms with Crippen molar-refractivity contribution in [3.05, 3.63) is 31.3 Å². The van der Waals surface area contributed by atoms with Crippen molar-refractivity contribution in [2.75, 3.05) is 5.32 Å². The van der Waals surface area contributed by atoms with E-state index in [0.717, 1.165) is 15.5 Å². The van der Waals surface area contributed by atoms with E-state index in [9.17, 15) is 0 Å². The summed E-state index contributed by atoms with van der Waals surface area (Å²) in [5.41, 5.74) is 1.24. The highest BCUT2D eigenvalue weighted by Crippen LogP contribution is 2.26. The van der Waals surface area contributed by atoms with Crippen molar-refractivity contribution in [3.8, 4) is 0 Å². The molecule has 0 saturated heterocycles. The maximum Gasteiger partial charge on any atom is 0.184 e. The second kappa shape index (κ2) is 4.61. The summed E-state index contributed by atoms with van der Waals surface area (Å²) in [6, 6.07) is 2.08. The average molecular weight is 310 g/mol. The molecule has 0 amide bonds. The van der Waals surface area contributed by atoms with Gasteiger partial charge in [-0.25, -0.2) is 4.98 Å². The van der Waals surface area contributed by atoms with Gasteiger partial charge in [-0.15, -0.1) is 11.3 Å². The van der Waals surface area contributed by atoms with Crippen LogP contribution in [0.1, 0.15) is 5.56 Å². The van der Waals surface area contributed by atoms with Crippen LogP contribution < -0.4 is 5.32 Å². The van der Waals surface area contributed by atoms with E-state index in [0.29, 0.717) is 4.34 Å². The second-order valence-corrected chi connectivity index (χ2v) is 6.44. The van der Waals surface area contributed by atoms with Crippen LogP contribution in [0.5, 0.6) is 0 Å². The fourth-order valence-corrected chi connectivity index (χ4v) is 3.00. The van der Waals surface area contributed by atoms with Gasteiger partial charge < -0.3 is 5.32 Å². The number of thiazole rings is 1. The van der Waals surface area contributed by atoms with E-state index in [1.807, 2.05) is 0 Å². The van der Waals surface area contributed by atoms with Crippen LogP contribution in [0.3, 0.4) is 0 Å². The van der Waals surface area contributed by atoms with Gasteiger partial charge in [-0.05, 0) is 32.9 Å². The highest BCUT2D eigenvalue weighted by molar-refractivity contribution is 9.11. The molecule has 0 aliphatic heterocycles. The van der Waals surface area contributed by atoms with Crippen LogP contribution in [0.15, 0.2) is 21.4 Å². The van der Waals surface area contributed by atoms with Crippen LogP contribution in [0.4, 0.5) is 5.13 Å². The lowest BCUT2D eigenvalue weighted by Crippen LogP contribution is -1.97. The fourth-order valence-electron chi connectivity index (χ4n) is 0.953. The summed E-state index contributed by atoms with van der Waals surface area (Å²) in [6.45, 7) is 0.772. The number of hydrogen-bond donors (Lipinski definition) is 1. The summed E-state index contributed by atoms with van der Waals surface area (Å²) in [5, 5.41) is 6.11. The standard InChI is InChI=1S/C8H6BrClN2S2/c9-7-5(1-2-13-7)3-11-8-12-4-6(10)14-8/h1-2,4H,3H2,(H,11,12). The summed E-state index contributed by atoms with van der Waals surface area (Å²) in [7, 11) is 0. The molecule has 2 heterocycles. The van der Waals surface area contributed by atoms with Crippen molar-refractivity contribution < 1.29 is 0 Å². The second-order valence-electron chi connectivity index (χ2n) is 2.54. The minimum Gasteiger partial charge on any atom is -0.357 e. The Morgan fingerprint density at radius 2 is 2.43 bits per heavy atom. The topological polar surface area (TPSA) is 24.9 Å². The number of nitrogens with one attached hydrogen (secondary N) is 1. The summed E-state index contributed by atoms with van der Waals surface area (Å²) in [6.07, 6.45) is 1.65. The molecule has 2 nitrogen and oxygen atoms in total. The van der Waals surface area contributed by atoms with Crippen molar-refractivity contribution in [1.82, 2.24) is 4.98 Å². The SMILES string of the molecule is Clc1cnc(NCc2ccsc2Br)s1. The van der Waals surface area contributed by atoms with Crippen LogP contribution in [0.25, 0.3) is 0 Å². The van der Waals surface area contributed by atoms with Crippen molar-refractivity contribution in [1.29, 1.82) is 0 Å². The summed E-state index contributed by atoms with van der Waals surface area (Å²) < 4.78 is 1.87. The van der Waals surface area contributed by atoms with Gasteiger partial charge in [0.05, 0.1) is 9.98 Å². The Labute approximate surface area is 103 Å². The Morgan fingerprint density at radius 3 is 3.00 bits per heavy atom. The lowest BCUT2D eigenvalue weighted by atomic mass is 10.3. The Morgan fingerprint density at radius 1 is 1.57 bits per heavy atom. The largest absolute Gasteiger partial charge is 0.357 e. The maximum atomic E-state index is 5.76. The molecule has 0 bridgehead atoms. The van der Waals surface area contributed by atoms with Crippen molar-refractivity contribution in [2.24, 2.45) is 0 Å². The third kappa shape index (κ3) is 2.48. The summed E-state index contributed by atoms with van der Waals surface area (Å²) in [5.74, 6) is 0. The first kappa shape index (κ1) is 10.4. The van der Waals surface area contributed by atoms with E-state index in [1.54, 1.807) is 17.5 Å². The number of nitrogens with zero attached hydrogens (tertiary/aromatic N) is 1. The minimum atomic E-state index is 0.705. The lowest BCUT2D eigenvalue weighted by molar-refractivity contribution is 1.14. The molecule has 0 aromatic carbocycles. The van der Waals surface area contributed by atoms with E-state index in [-0.39, 0.29) is 0 Å². The molecule has 0 fully saturated rings. The lowest BCUT2D eigenvalue weighted by Gasteiger charge is -2.00. The molecule has 2 rings (SSSR count). The number of thiophene rings is 1. The molecule has 0 spiro atoms. The maximum absolute atomic E-state index is 5.76. The smallest absolute Gasteiger partial charge is 0.184 e. The van der Waals surface area contributed by atoms with E-state index in [2.05, 4.69) is 37.7 Å². The normalized spacial score (nSPS) is 10.4. The van der Waals surface area contributed by atoms with Gasteiger partial charge in [-0.2, -0.15) is 0 Å². The number of aromatic nitrogens is 1. The first-order valence-corrected chi connectivity index (χ1v) is 6.69. The quantitative estimate of drug-likeness (QED) is 0.917. The molecular formula is C8H6BrClN2S2. The van der Waals surface area contributed by atoms with Crippen LogP contribution in [-0.2, 0) is 6.54 Å². The average Bonchev–Trinajstić information content (AvgIpc) is 2.72. The van der Waals surface area contributed by atoms with E-state index in [4.69, 9.17) is 11.6 Å². The van der Waals surface area contributed by atoms with Crippen molar-refractivity contribution in [2.45, 2.75) is 6.54 Å². The monoisotopic (exact) mass is 308 g/mol. The highest BCUT2D eigenvalue weighted by Gasteiger charge is 2.02. The van der Waals surface area contributed by atoms with E-state index < -0.39 is 0 Å². The zero-order valence-corrected chi connectivity index (χ0v) is 10.9. The van der Waals surface area contributed by atoms with E-state index >= 15 is 0 Å². The molecule has 74 valence electrons. The molecule has 2 aromatic heterocycles. The molecule has 0 atom stereocenters. The summed E-state index contributed by atoms with van der Waals surface area (Å²) >= 11 is 12.4. The van der Waals surface area contributed by atoms with Gasteiger partial charge in [0, 0.05) is 6.54 Å². The highest BCUT2D eigenvalue weighted by atomic mass is 79.9. The number of anilines is 1. The molecule has 0 aliphatic rings. The van der Waals surface area contributed by atoms with Gasteiger partial charge in [0.2, 0.25) is 0 Å². The Hall–Kier alpha value is -0.100. The predicted octanol–water partition coefficient (Wildman–Crippen LogP) is 4.23. The first-order chi connectivity index (χ1) is 6.75. The van der Waals surface area contributed by atoms with Crippen molar-refractivity contribution in [3.63, 3.8) is 0 Å². The van der Waals surface area contributed by atoms with Crippen LogP contribution in [0.2, 0.25) is 4.34 Å². The number of rotatable bonds is 3. The minimum absolute atomic E-state index is 0.705. The summed E-state index contributed by atoms with van der Waals surface area (Å²) in [4.78, 5) is 4.11. The van der Waals surface area contributed by atoms with Crippen molar-refractivity contribution >= 4 is 55.3 Å². The first-order valence-electron chi connectivity index (χ1n) is 3.83. The van der Waals surface area contributed by atoms with Gasteiger partial charge in [0.25, 0.3) is 0 Å². The molecule has 0 aliphatic carbocycles. The molecule has 0 saturated carbocycles. The predicted molar refractivity (Wildman–Crippen MR) is 66.5 cm³/mol. The third-order valence-corrected chi connectivity index (χ3v) is 4.48. The zero-order chi connectivity index (χ0) is 9.97. The van der Waals surface area contributed by atoms with Gasteiger partial charge in [-0.3, -0.25) is 0 Å². The molecule has 2 aromatic rings. The Kier molecular flexibility index (Phi) is 3.43. The number of halogens is 2. The van der Waals surface area contributed by atoms with Gasteiger partial charge in [0.15, 0.2) is 5.13 Å². The zero-order valence-electron chi connectivity index (χ0n) is 6.96. The molecule has 0 unspecified atom stereocenters. The Balaban J connectivity index is 1.98. The molecule has 0 radical (unpaired) electrons. The molecular weight excluding hydrogens is 304 g/mol. The molecule has 6 heteroatoms. The van der Waals surface area contributed by atoms with Gasteiger partial charge >= 0.3 is 0 Å². The van der Waals surface area contributed by atoms with Crippen LogP contribution in [0, 0.1) is 0 Å². The fraction of sp³-hybridized carbons (Fsp3) is 0.125. The molecule has 14 heavy (non-hydrogen) atoms. The Bertz CT molecular complexity index is 426.